The number of nitrogens with zero attached hydrogens (tertiary/aromatic N) is 3. The number of azo groups is 1. The third-order valence-electron chi connectivity index (χ3n) is 5.64. The maximum absolute atomic E-state index is 12.7. The fraction of sp³-hybridized carbons (Fsp3) is 0.111. The van der Waals surface area contributed by atoms with Gasteiger partial charge in [0.2, 0.25) is 0 Å². The Morgan fingerprint density at radius 3 is 1.74 bits per heavy atom. The molecule has 0 aliphatic rings. The molecule has 1 N–H and O–H groups in total. The van der Waals surface area contributed by atoms with Crippen LogP contribution in [0.2, 0.25) is 0 Å². The quantitative estimate of drug-likeness (QED) is 0.177. The van der Waals surface area contributed by atoms with Gasteiger partial charge in [0, 0.05) is 24.5 Å². The average Bonchev–Trinajstić information content (AvgIpc) is 2.91. The number of rotatable bonds is 10. The summed E-state index contributed by atoms with van der Waals surface area (Å²) in [6, 6.07) is 28.3. The summed E-state index contributed by atoms with van der Waals surface area (Å²) < 4.78 is 60.7. The van der Waals surface area contributed by atoms with Gasteiger partial charge in [-0.25, -0.2) is 16.8 Å². The van der Waals surface area contributed by atoms with Gasteiger partial charge in [0.05, 0.1) is 21.2 Å². The molecular formula is C27H25N4NaO5S2. The van der Waals surface area contributed by atoms with Crippen LogP contribution in [0.25, 0.3) is 0 Å². The molecule has 0 unspecified atom stereocenters. The Labute approximate surface area is 250 Å². The van der Waals surface area contributed by atoms with Crippen LogP contribution in [0, 0.1) is 0 Å². The van der Waals surface area contributed by atoms with E-state index in [-0.39, 0.29) is 40.1 Å². The van der Waals surface area contributed by atoms with E-state index in [1.54, 1.807) is 0 Å². The Balaban J connectivity index is 0.00000420. The van der Waals surface area contributed by atoms with Gasteiger partial charge in [-0.15, -0.1) is 0 Å². The average molecular weight is 573 g/mol. The van der Waals surface area contributed by atoms with Crippen LogP contribution in [-0.2, 0) is 26.7 Å². The number of anilines is 2. The molecule has 0 saturated carbocycles. The molecule has 4 aromatic rings. The second-order valence-corrected chi connectivity index (χ2v) is 11.4. The third-order valence-corrected chi connectivity index (χ3v) is 7.88. The summed E-state index contributed by atoms with van der Waals surface area (Å²) in [7, 11) is -8.55. The first-order chi connectivity index (χ1) is 18.1. The van der Waals surface area contributed by atoms with Gasteiger partial charge >= 0.3 is 29.6 Å². The van der Waals surface area contributed by atoms with Crippen LogP contribution in [0.3, 0.4) is 0 Å². The largest absolute Gasteiger partial charge is 1.00 e. The standard InChI is InChI=1S/C27H26N4O5S2.Na/c1-2-31(20-21-6-4-3-5-7-21)25-14-8-22(9-15-25)28-29-23-10-16-26(17-11-23)37(32,33)30-24-12-18-27(19-13-24)38(34,35)36;/h3-19,30H,2,20H2,1H3,(H,34,35,36);/q;+1/p-1. The summed E-state index contributed by atoms with van der Waals surface area (Å²) in [5.41, 5.74) is 3.55. The van der Waals surface area contributed by atoms with Crippen LogP contribution in [0.4, 0.5) is 22.7 Å². The molecule has 0 atom stereocenters. The molecule has 0 bridgehead atoms. The SMILES string of the molecule is CCN(Cc1ccccc1)c1ccc(N=Nc2ccc(S(=O)(=O)Nc3ccc(S(=O)(=O)[O-])cc3)cc2)cc1.[Na+]. The van der Waals surface area contributed by atoms with Gasteiger partial charge in [0.25, 0.3) is 10.0 Å². The molecule has 0 heterocycles. The molecule has 0 fully saturated rings. The van der Waals surface area contributed by atoms with Gasteiger partial charge in [-0.05, 0) is 85.3 Å². The molecule has 0 aliphatic carbocycles. The van der Waals surface area contributed by atoms with Crippen molar-refractivity contribution in [2.75, 3.05) is 16.2 Å². The Morgan fingerprint density at radius 2 is 1.23 bits per heavy atom. The summed E-state index contributed by atoms with van der Waals surface area (Å²) in [5, 5.41) is 8.43. The van der Waals surface area contributed by atoms with Gasteiger partial charge in [0.1, 0.15) is 10.1 Å². The fourth-order valence-corrected chi connectivity index (χ4v) is 5.16. The predicted octanol–water partition coefficient (Wildman–Crippen LogP) is 2.84. The molecule has 196 valence electrons. The molecule has 0 aliphatic heterocycles. The summed E-state index contributed by atoms with van der Waals surface area (Å²) in [5.74, 6) is 0. The number of hydrogen-bond donors (Lipinski definition) is 1. The summed E-state index contributed by atoms with van der Waals surface area (Å²) in [6.07, 6.45) is 0. The molecular weight excluding hydrogens is 547 g/mol. The monoisotopic (exact) mass is 572 g/mol. The summed E-state index contributed by atoms with van der Waals surface area (Å²) >= 11 is 0. The van der Waals surface area contributed by atoms with Crippen molar-refractivity contribution < 1.29 is 50.9 Å². The van der Waals surface area contributed by atoms with E-state index in [2.05, 4.69) is 38.9 Å². The van der Waals surface area contributed by atoms with Crippen LogP contribution in [0.15, 0.2) is 123 Å². The van der Waals surface area contributed by atoms with Gasteiger partial charge in [-0.2, -0.15) is 10.2 Å². The van der Waals surface area contributed by atoms with Gasteiger partial charge in [-0.1, -0.05) is 30.3 Å². The third kappa shape index (κ3) is 8.46. The van der Waals surface area contributed by atoms with Crippen molar-refractivity contribution in [1.82, 2.24) is 0 Å². The van der Waals surface area contributed by atoms with Crippen molar-refractivity contribution in [2.24, 2.45) is 10.2 Å². The number of hydrogen-bond acceptors (Lipinski definition) is 8. The molecule has 12 heteroatoms. The van der Waals surface area contributed by atoms with E-state index in [1.807, 2.05) is 42.5 Å². The Morgan fingerprint density at radius 1 is 0.718 bits per heavy atom. The maximum Gasteiger partial charge on any atom is 1.00 e. The predicted molar refractivity (Wildman–Crippen MR) is 145 cm³/mol. The van der Waals surface area contributed by atoms with E-state index in [0.717, 1.165) is 30.9 Å². The van der Waals surface area contributed by atoms with Crippen molar-refractivity contribution in [3.8, 4) is 0 Å². The summed E-state index contributed by atoms with van der Waals surface area (Å²) in [4.78, 5) is 1.79. The van der Waals surface area contributed by atoms with Crippen LogP contribution < -0.4 is 39.2 Å². The Kier molecular flexibility index (Phi) is 10.4. The molecule has 0 radical (unpaired) electrons. The van der Waals surface area contributed by atoms with Crippen molar-refractivity contribution in [1.29, 1.82) is 0 Å². The van der Waals surface area contributed by atoms with Crippen LogP contribution in [-0.4, -0.2) is 27.9 Å². The molecule has 0 spiro atoms. The van der Waals surface area contributed by atoms with E-state index in [9.17, 15) is 21.4 Å². The van der Waals surface area contributed by atoms with Crippen molar-refractivity contribution >= 4 is 42.9 Å². The fourth-order valence-electron chi connectivity index (χ4n) is 3.63. The molecule has 4 rings (SSSR count). The van der Waals surface area contributed by atoms with Crippen molar-refractivity contribution in [3.05, 3.63) is 109 Å². The first-order valence-corrected chi connectivity index (χ1v) is 14.5. The second kappa shape index (κ2) is 13.3. The number of nitrogens with one attached hydrogen (secondary N) is 1. The smallest absolute Gasteiger partial charge is 0.744 e. The zero-order valence-corrected chi connectivity index (χ0v) is 25.1. The Hall–Kier alpha value is -3.06. The molecule has 39 heavy (non-hydrogen) atoms. The number of sulfonamides is 1. The zero-order valence-electron chi connectivity index (χ0n) is 21.4. The minimum absolute atomic E-state index is 0. The molecule has 4 aromatic carbocycles. The topological polar surface area (TPSA) is 131 Å². The Bertz CT molecular complexity index is 1610. The normalized spacial score (nSPS) is 11.6. The zero-order chi connectivity index (χ0) is 27.2. The minimum atomic E-state index is -4.61. The molecule has 9 nitrogen and oxygen atoms in total. The molecule has 0 saturated heterocycles. The first-order valence-electron chi connectivity index (χ1n) is 11.6. The second-order valence-electron chi connectivity index (χ2n) is 8.29. The first kappa shape index (κ1) is 30.5. The van der Waals surface area contributed by atoms with Crippen molar-refractivity contribution in [2.45, 2.75) is 23.3 Å². The maximum atomic E-state index is 12.7. The van der Waals surface area contributed by atoms with Crippen molar-refractivity contribution in [3.63, 3.8) is 0 Å². The van der Waals surface area contributed by atoms with E-state index in [1.165, 1.54) is 42.0 Å². The van der Waals surface area contributed by atoms with E-state index in [4.69, 9.17) is 0 Å². The van der Waals surface area contributed by atoms with Gasteiger partial charge in [0.15, 0.2) is 0 Å². The minimum Gasteiger partial charge on any atom is -0.744 e. The van der Waals surface area contributed by atoms with Crippen LogP contribution in [0.5, 0.6) is 0 Å². The van der Waals surface area contributed by atoms with Crippen LogP contribution in [0.1, 0.15) is 12.5 Å². The molecule has 0 aromatic heterocycles. The summed E-state index contributed by atoms with van der Waals surface area (Å²) in [6.45, 7) is 3.76. The van der Waals surface area contributed by atoms with Gasteiger partial charge in [-0.3, -0.25) is 4.72 Å². The number of benzene rings is 4. The molecule has 0 amide bonds. The van der Waals surface area contributed by atoms with E-state index in [0.29, 0.717) is 11.4 Å². The van der Waals surface area contributed by atoms with Crippen LogP contribution >= 0.6 is 0 Å². The van der Waals surface area contributed by atoms with Gasteiger partial charge < -0.3 is 9.45 Å². The van der Waals surface area contributed by atoms with E-state index < -0.39 is 25.0 Å². The van der Waals surface area contributed by atoms with E-state index >= 15 is 0 Å².